The van der Waals surface area contributed by atoms with Crippen LogP contribution in [-0.2, 0) is 17.2 Å². The number of likely N-dealkylation sites (N-methyl/N-ethyl adjacent to an activating group) is 1. The van der Waals surface area contributed by atoms with E-state index in [1.165, 1.54) is 16.5 Å². The predicted octanol–water partition coefficient (Wildman–Crippen LogP) is 2.44. The zero-order valence-electron chi connectivity index (χ0n) is 12.2. The van der Waals surface area contributed by atoms with Crippen LogP contribution in [0.2, 0.25) is 0 Å². The molecule has 0 spiro atoms. The van der Waals surface area contributed by atoms with E-state index in [0.717, 1.165) is 13.2 Å². The van der Waals surface area contributed by atoms with E-state index in [9.17, 15) is 0 Å². The first-order valence-electron chi connectivity index (χ1n) is 6.83. The molecule has 19 heavy (non-hydrogen) atoms. The Morgan fingerprint density at radius 1 is 1.26 bits per heavy atom. The van der Waals surface area contributed by atoms with Gasteiger partial charge in [0.25, 0.3) is 0 Å². The van der Waals surface area contributed by atoms with Gasteiger partial charge in [0.2, 0.25) is 0 Å². The number of hydrogen-bond acceptors (Lipinski definition) is 2. The Balaban J connectivity index is 2.23. The Morgan fingerprint density at radius 3 is 2.53 bits per heavy atom. The highest BCUT2D eigenvalue weighted by Crippen LogP contribution is 2.44. The molecule has 1 N–H and O–H groups in total. The van der Waals surface area contributed by atoms with E-state index in [0.29, 0.717) is 0 Å². The summed E-state index contributed by atoms with van der Waals surface area (Å²) in [6, 6.07) is 8.61. The van der Waals surface area contributed by atoms with Crippen LogP contribution in [0.3, 0.4) is 0 Å². The van der Waals surface area contributed by atoms with Crippen molar-refractivity contribution in [3.63, 3.8) is 0 Å². The zero-order chi connectivity index (χ0) is 13.7. The fraction of sp³-hybridized carbons (Fsp3) is 0.500. The lowest BCUT2D eigenvalue weighted by molar-refractivity contribution is -0.0984. The van der Waals surface area contributed by atoms with Crippen molar-refractivity contribution in [2.24, 2.45) is 7.05 Å². The molecule has 1 aliphatic rings. The van der Waals surface area contributed by atoms with E-state index in [1.807, 2.05) is 7.05 Å². The first kappa shape index (κ1) is 12.7. The molecule has 1 aromatic heterocycles. The van der Waals surface area contributed by atoms with Gasteiger partial charge in [-0.2, -0.15) is 0 Å². The van der Waals surface area contributed by atoms with Gasteiger partial charge in [-0.25, -0.2) is 0 Å². The van der Waals surface area contributed by atoms with Gasteiger partial charge >= 0.3 is 0 Å². The summed E-state index contributed by atoms with van der Waals surface area (Å²) in [6.07, 6.45) is 2.27. The lowest BCUT2D eigenvalue weighted by atomic mass is 9.65. The molecule has 3 rings (SSSR count). The highest BCUT2D eigenvalue weighted by molar-refractivity contribution is 5.85. The standard InChI is InChI=1S/C16H22N2O/c1-15(2,17-3)16(10-19-11-16)13-9-18(4)14-8-6-5-7-12(13)14/h5-9,17H,10-11H2,1-4H3. The van der Waals surface area contributed by atoms with Crippen LogP contribution in [0.1, 0.15) is 19.4 Å². The topological polar surface area (TPSA) is 26.2 Å². The molecule has 3 nitrogen and oxygen atoms in total. The highest BCUT2D eigenvalue weighted by Gasteiger charge is 2.52. The molecule has 0 aliphatic carbocycles. The summed E-state index contributed by atoms with van der Waals surface area (Å²) in [5.74, 6) is 0. The lowest BCUT2D eigenvalue weighted by Gasteiger charge is -2.52. The number of ether oxygens (including phenoxy) is 1. The minimum Gasteiger partial charge on any atom is -0.379 e. The monoisotopic (exact) mass is 258 g/mol. The molecule has 0 bridgehead atoms. The quantitative estimate of drug-likeness (QED) is 0.915. The van der Waals surface area contributed by atoms with Crippen molar-refractivity contribution >= 4 is 10.9 Å². The average Bonchev–Trinajstić information content (AvgIpc) is 2.66. The number of para-hydroxylation sites is 1. The first-order chi connectivity index (χ1) is 9.02. The molecule has 2 heterocycles. The van der Waals surface area contributed by atoms with Crippen LogP contribution in [-0.4, -0.2) is 30.4 Å². The van der Waals surface area contributed by atoms with Crippen LogP contribution >= 0.6 is 0 Å². The summed E-state index contributed by atoms with van der Waals surface area (Å²) in [7, 11) is 4.15. The van der Waals surface area contributed by atoms with E-state index in [-0.39, 0.29) is 11.0 Å². The summed E-state index contributed by atoms with van der Waals surface area (Å²) in [6.45, 7) is 6.10. The molecular weight excluding hydrogens is 236 g/mol. The van der Waals surface area contributed by atoms with Gasteiger partial charge in [0.05, 0.1) is 18.6 Å². The molecule has 1 fully saturated rings. The number of aromatic nitrogens is 1. The fourth-order valence-corrected chi connectivity index (χ4v) is 3.12. The number of aryl methyl sites for hydroxylation is 1. The van der Waals surface area contributed by atoms with Crippen molar-refractivity contribution in [3.8, 4) is 0 Å². The van der Waals surface area contributed by atoms with Crippen molar-refractivity contribution in [2.75, 3.05) is 20.3 Å². The van der Waals surface area contributed by atoms with Gasteiger partial charge in [-0.3, -0.25) is 0 Å². The van der Waals surface area contributed by atoms with Gasteiger partial charge in [-0.15, -0.1) is 0 Å². The molecule has 0 saturated carbocycles. The second-order valence-corrected chi connectivity index (χ2v) is 6.12. The van der Waals surface area contributed by atoms with Crippen molar-refractivity contribution in [2.45, 2.75) is 24.8 Å². The number of nitrogens with one attached hydrogen (secondary N) is 1. The Morgan fingerprint density at radius 2 is 1.95 bits per heavy atom. The zero-order valence-corrected chi connectivity index (χ0v) is 12.2. The Labute approximate surface area is 114 Å². The molecular formula is C16H22N2O. The molecule has 0 radical (unpaired) electrons. The molecule has 0 amide bonds. The highest BCUT2D eigenvalue weighted by atomic mass is 16.5. The summed E-state index contributed by atoms with van der Waals surface area (Å²) >= 11 is 0. The largest absolute Gasteiger partial charge is 0.379 e. The van der Waals surface area contributed by atoms with Crippen molar-refractivity contribution in [1.82, 2.24) is 9.88 Å². The van der Waals surface area contributed by atoms with Gasteiger partial charge in [0, 0.05) is 29.7 Å². The van der Waals surface area contributed by atoms with Crippen LogP contribution in [0.15, 0.2) is 30.5 Å². The van der Waals surface area contributed by atoms with Crippen LogP contribution in [0.25, 0.3) is 10.9 Å². The molecule has 0 atom stereocenters. The average molecular weight is 258 g/mol. The number of hydrogen-bond donors (Lipinski definition) is 1. The van der Waals surface area contributed by atoms with Gasteiger partial charge in [0.15, 0.2) is 0 Å². The summed E-state index contributed by atoms with van der Waals surface area (Å²) in [5.41, 5.74) is 2.75. The number of benzene rings is 1. The van der Waals surface area contributed by atoms with Crippen molar-refractivity contribution in [3.05, 3.63) is 36.0 Å². The van der Waals surface area contributed by atoms with Crippen LogP contribution < -0.4 is 5.32 Å². The molecule has 1 aliphatic heterocycles. The SMILES string of the molecule is CNC(C)(C)C1(c2cn(C)c3ccccc23)COC1. The summed E-state index contributed by atoms with van der Waals surface area (Å²) < 4.78 is 7.81. The smallest absolute Gasteiger partial charge is 0.0617 e. The summed E-state index contributed by atoms with van der Waals surface area (Å²) in [4.78, 5) is 0. The van der Waals surface area contributed by atoms with E-state index in [4.69, 9.17) is 4.74 Å². The molecule has 1 aromatic carbocycles. The van der Waals surface area contributed by atoms with Crippen molar-refractivity contribution in [1.29, 1.82) is 0 Å². The van der Waals surface area contributed by atoms with Gasteiger partial charge in [-0.05, 0) is 32.5 Å². The third kappa shape index (κ3) is 1.58. The molecule has 3 heteroatoms. The molecule has 102 valence electrons. The Hall–Kier alpha value is -1.32. The third-order valence-corrected chi connectivity index (χ3v) is 4.93. The number of nitrogens with zero attached hydrogens (tertiary/aromatic N) is 1. The second kappa shape index (κ2) is 4.09. The third-order valence-electron chi connectivity index (χ3n) is 4.93. The first-order valence-corrected chi connectivity index (χ1v) is 6.83. The van der Waals surface area contributed by atoms with Gasteiger partial charge < -0.3 is 14.6 Å². The van der Waals surface area contributed by atoms with Gasteiger partial charge in [-0.1, -0.05) is 18.2 Å². The maximum Gasteiger partial charge on any atom is 0.0617 e. The van der Waals surface area contributed by atoms with E-state index >= 15 is 0 Å². The van der Waals surface area contributed by atoms with E-state index in [2.05, 4.69) is 61.2 Å². The minimum absolute atomic E-state index is 0.00930. The van der Waals surface area contributed by atoms with Gasteiger partial charge in [0.1, 0.15) is 0 Å². The number of rotatable bonds is 3. The maximum atomic E-state index is 5.59. The van der Waals surface area contributed by atoms with Crippen LogP contribution in [0.4, 0.5) is 0 Å². The maximum absolute atomic E-state index is 5.59. The fourth-order valence-electron chi connectivity index (χ4n) is 3.12. The van der Waals surface area contributed by atoms with E-state index in [1.54, 1.807) is 0 Å². The Kier molecular flexibility index (Phi) is 2.73. The minimum atomic E-state index is 0.00930. The normalized spacial score (nSPS) is 18.5. The molecule has 0 unspecified atom stereocenters. The molecule has 2 aromatic rings. The number of fused-ring (bicyclic) bond motifs is 1. The van der Waals surface area contributed by atoms with Crippen molar-refractivity contribution < 1.29 is 4.74 Å². The lowest BCUT2D eigenvalue weighted by Crippen LogP contribution is -2.65. The van der Waals surface area contributed by atoms with Crippen LogP contribution in [0.5, 0.6) is 0 Å². The molecule has 1 saturated heterocycles. The predicted molar refractivity (Wildman–Crippen MR) is 78.6 cm³/mol. The summed E-state index contributed by atoms with van der Waals surface area (Å²) in [5, 5.41) is 4.81. The second-order valence-electron chi connectivity index (χ2n) is 6.12. The Bertz CT molecular complexity index is 608. The van der Waals surface area contributed by atoms with Crippen LogP contribution in [0, 0.1) is 0 Å². The van der Waals surface area contributed by atoms with E-state index < -0.39 is 0 Å².